The maximum Gasteiger partial charge on any atom is 0.409 e. The molecular weight excluding hydrogens is 340 g/mol. The Morgan fingerprint density at radius 3 is 2.19 bits per heavy atom. The fraction of sp³-hybridized carbons (Fsp3) is 0.529. The van der Waals surface area contributed by atoms with Gasteiger partial charge in [-0.2, -0.15) is 0 Å². The van der Waals surface area contributed by atoms with Crippen LogP contribution in [0.1, 0.15) is 10.4 Å². The number of carboxylic acid groups (broad SMARTS) is 1. The number of amides is 2. The number of carbonyl (C=O) groups is 2. The molecule has 1 aliphatic rings. The van der Waals surface area contributed by atoms with Crippen molar-refractivity contribution in [3.63, 3.8) is 0 Å². The molecule has 144 valence electrons. The van der Waals surface area contributed by atoms with Crippen LogP contribution in [0.2, 0.25) is 0 Å². The standard InChI is InChI=1S/C17H26N4O5/c1-20-6-8-21(9-7-20)5-4-18-16(22)15-13(25-2)10-12(19-17(23)24)11-14(15)26-3/h10-11,19H,4-9H2,1-3H3,(H,18,22)(H,23,24). The van der Waals surface area contributed by atoms with E-state index in [2.05, 4.69) is 27.5 Å². The second-order valence-corrected chi connectivity index (χ2v) is 6.09. The molecule has 2 rings (SSSR count). The van der Waals surface area contributed by atoms with Crippen molar-refractivity contribution >= 4 is 17.7 Å². The zero-order valence-corrected chi connectivity index (χ0v) is 15.4. The predicted octanol–water partition coefficient (Wildman–Crippen LogP) is 0.771. The molecule has 1 aromatic rings. The van der Waals surface area contributed by atoms with Crippen LogP contribution in [0.3, 0.4) is 0 Å². The largest absolute Gasteiger partial charge is 0.496 e. The van der Waals surface area contributed by atoms with Crippen LogP contribution in [-0.2, 0) is 0 Å². The monoisotopic (exact) mass is 366 g/mol. The van der Waals surface area contributed by atoms with E-state index >= 15 is 0 Å². The molecule has 3 N–H and O–H groups in total. The Labute approximate surface area is 152 Å². The highest BCUT2D eigenvalue weighted by atomic mass is 16.5. The van der Waals surface area contributed by atoms with E-state index in [1.54, 1.807) is 0 Å². The van der Waals surface area contributed by atoms with E-state index in [0.29, 0.717) is 6.54 Å². The van der Waals surface area contributed by atoms with Gasteiger partial charge in [-0.3, -0.25) is 15.0 Å². The molecule has 1 aromatic carbocycles. The third-order valence-electron chi connectivity index (χ3n) is 4.29. The summed E-state index contributed by atoms with van der Waals surface area (Å²) < 4.78 is 10.5. The molecule has 2 amide bonds. The maximum absolute atomic E-state index is 12.6. The van der Waals surface area contributed by atoms with E-state index in [4.69, 9.17) is 14.6 Å². The van der Waals surface area contributed by atoms with Crippen molar-refractivity contribution < 1.29 is 24.2 Å². The number of nitrogens with zero attached hydrogens (tertiary/aromatic N) is 2. The minimum Gasteiger partial charge on any atom is -0.496 e. The number of rotatable bonds is 7. The number of nitrogens with one attached hydrogen (secondary N) is 2. The highest BCUT2D eigenvalue weighted by molar-refractivity contribution is 6.01. The fourth-order valence-electron chi connectivity index (χ4n) is 2.82. The summed E-state index contributed by atoms with van der Waals surface area (Å²) in [5.74, 6) is 0.157. The fourth-order valence-corrected chi connectivity index (χ4v) is 2.82. The average molecular weight is 366 g/mol. The van der Waals surface area contributed by atoms with E-state index in [0.717, 1.165) is 32.7 Å². The topological polar surface area (TPSA) is 103 Å². The summed E-state index contributed by atoms with van der Waals surface area (Å²) in [6.07, 6.45) is -1.21. The van der Waals surface area contributed by atoms with E-state index < -0.39 is 6.09 Å². The summed E-state index contributed by atoms with van der Waals surface area (Å²) in [5, 5.41) is 13.9. The lowest BCUT2D eigenvalue weighted by Crippen LogP contribution is -2.46. The molecule has 0 unspecified atom stereocenters. The number of methoxy groups -OCH3 is 2. The normalized spacial score (nSPS) is 15.3. The molecular formula is C17H26N4O5. The minimum atomic E-state index is -1.21. The summed E-state index contributed by atoms with van der Waals surface area (Å²) in [6, 6.07) is 2.90. The SMILES string of the molecule is COc1cc(NC(=O)O)cc(OC)c1C(=O)NCCN1CCN(C)CC1. The van der Waals surface area contributed by atoms with Crippen molar-refractivity contribution in [1.29, 1.82) is 0 Å². The van der Waals surface area contributed by atoms with E-state index in [1.165, 1.54) is 26.4 Å². The summed E-state index contributed by atoms with van der Waals surface area (Å²) in [4.78, 5) is 28.0. The van der Waals surface area contributed by atoms with E-state index in [1.807, 2.05) is 0 Å². The van der Waals surface area contributed by atoms with Gasteiger partial charge in [-0.05, 0) is 7.05 Å². The minimum absolute atomic E-state index is 0.240. The quantitative estimate of drug-likeness (QED) is 0.655. The molecule has 9 heteroatoms. The van der Waals surface area contributed by atoms with E-state index in [9.17, 15) is 9.59 Å². The first kappa shape index (κ1) is 19.8. The summed E-state index contributed by atoms with van der Waals surface area (Å²) in [7, 11) is 4.93. The molecule has 1 saturated heterocycles. The van der Waals surface area contributed by atoms with Crippen LogP contribution < -0.4 is 20.1 Å². The van der Waals surface area contributed by atoms with Crippen molar-refractivity contribution in [2.45, 2.75) is 0 Å². The predicted molar refractivity (Wildman–Crippen MR) is 97.5 cm³/mol. The van der Waals surface area contributed by atoms with Gasteiger partial charge in [-0.25, -0.2) is 4.79 Å². The second kappa shape index (κ2) is 9.25. The van der Waals surface area contributed by atoms with Crippen molar-refractivity contribution in [2.75, 3.05) is 65.9 Å². The summed E-state index contributed by atoms with van der Waals surface area (Å²) >= 11 is 0. The molecule has 0 bridgehead atoms. The highest BCUT2D eigenvalue weighted by Crippen LogP contribution is 2.32. The third kappa shape index (κ3) is 5.24. The van der Waals surface area contributed by atoms with Crippen molar-refractivity contribution in [1.82, 2.24) is 15.1 Å². The average Bonchev–Trinajstić information content (AvgIpc) is 2.61. The van der Waals surface area contributed by atoms with Gasteiger partial charge >= 0.3 is 6.09 Å². The first-order valence-electron chi connectivity index (χ1n) is 8.39. The zero-order chi connectivity index (χ0) is 19.1. The number of ether oxygens (including phenoxy) is 2. The van der Waals surface area contributed by atoms with Crippen LogP contribution in [0.25, 0.3) is 0 Å². The van der Waals surface area contributed by atoms with Gasteiger partial charge in [-0.1, -0.05) is 0 Å². The number of benzene rings is 1. The van der Waals surface area contributed by atoms with Gasteiger partial charge in [0.1, 0.15) is 17.1 Å². The Kier molecular flexibility index (Phi) is 7.05. The number of hydrogen-bond donors (Lipinski definition) is 3. The van der Waals surface area contributed by atoms with Gasteiger partial charge in [0.2, 0.25) is 0 Å². The molecule has 1 heterocycles. The molecule has 9 nitrogen and oxygen atoms in total. The number of likely N-dealkylation sites (N-methyl/N-ethyl adjacent to an activating group) is 1. The highest BCUT2D eigenvalue weighted by Gasteiger charge is 2.21. The van der Waals surface area contributed by atoms with Crippen LogP contribution >= 0.6 is 0 Å². The van der Waals surface area contributed by atoms with Crippen LogP contribution in [0, 0.1) is 0 Å². The zero-order valence-electron chi connectivity index (χ0n) is 15.4. The van der Waals surface area contributed by atoms with Crippen LogP contribution in [0.4, 0.5) is 10.5 Å². The Hall–Kier alpha value is -2.52. The molecule has 1 aliphatic heterocycles. The lowest BCUT2D eigenvalue weighted by molar-refractivity contribution is 0.0935. The van der Waals surface area contributed by atoms with Crippen molar-refractivity contribution in [3.05, 3.63) is 17.7 Å². The Bertz CT molecular complexity index is 619. The van der Waals surface area contributed by atoms with Gasteiger partial charge in [0, 0.05) is 51.4 Å². The molecule has 0 atom stereocenters. The maximum atomic E-state index is 12.6. The molecule has 0 radical (unpaired) electrons. The first-order chi connectivity index (χ1) is 12.4. The molecule has 1 fully saturated rings. The Balaban J connectivity index is 2.03. The lowest BCUT2D eigenvalue weighted by Gasteiger charge is -2.32. The molecule has 26 heavy (non-hydrogen) atoms. The second-order valence-electron chi connectivity index (χ2n) is 6.09. The van der Waals surface area contributed by atoms with E-state index in [-0.39, 0.29) is 28.7 Å². The number of carbonyl (C=O) groups excluding carboxylic acids is 1. The molecule has 0 spiro atoms. The van der Waals surface area contributed by atoms with Crippen LogP contribution in [-0.4, -0.2) is 87.4 Å². The Morgan fingerprint density at radius 1 is 1.12 bits per heavy atom. The lowest BCUT2D eigenvalue weighted by atomic mass is 10.1. The van der Waals surface area contributed by atoms with Crippen molar-refractivity contribution in [2.24, 2.45) is 0 Å². The molecule has 0 aromatic heterocycles. The first-order valence-corrected chi connectivity index (χ1v) is 8.39. The smallest absolute Gasteiger partial charge is 0.409 e. The van der Waals surface area contributed by atoms with Crippen LogP contribution in [0.5, 0.6) is 11.5 Å². The summed E-state index contributed by atoms with van der Waals surface area (Å²) in [5.41, 5.74) is 0.504. The van der Waals surface area contributed by atoms with Gasteiger partial charge < -0.3 is 24.8 Å². The molecule has 0 saturated carbocycles. The number of piperazine rings is 1. The molecule has 0 aliphatic carbocycles. The Morgan fingerprint density at radius 2 is 1.69 bits per heavy atom. The number of hydrogen-bond acceptors (Lipinski definition) is 6. The van der Waals surface area contributed by atoms with Gasteiger partial charge in [0.05, 0.1) is 19.9 Å². The van der Waals surface area contributed by atoms with Gasteiger partial charge in [0.15, 0.2) is 0 Å². The van der Waals surface area contributed by atoms with Crippen LogP contribution in [0.15, 0.2) is 12.1 Å². The summed E-state index contributed by atoms with van der Waals surface area (Å²) in [6.45, 7) is 5.28. The third-order valence-corrected chi connectivity index (χ3v) is 4.29. The van der Waals surface area contributed by atoms with Crippen molar-refractivity contribution in [3.8, 4) is 11.5 Å². The van der Waals surface area contributed by atoms with Gasteiger partial charge in [0.25, 0.3) is 5.91 Å². The number of anilines is 1. The van der Waals surface area contributed by atoms with Gasteiger partial charge in [-0.15, -0.1) is 0 Å².